The van der Waals surface area contributed by atoms with E-state index in [0.29, 0.717) is 5.17 Å². The van der Waals surface area contributed by atoms with Crippen molar-refractivity contribution in [2.24, 2.45) is 4.99 Å². The zero-order chi connectivity index (χ0) is 16.1. The molecule has 5 nitrogen and oxygen atoms in total. The lowest BCUT2D eigenvalue weighted by molar-refractivity contribution is -0.115. The van der Waals surface area contributed by atoms with Gasteiger partial charge in [-0.15, -0.1) is 0 Å². The lowest BCUT2D eigenvalue weighted by Gasteiger charge is -2.27. The van der Waals surface area contributed by atoms with E-state index >= 15 is 0 Å². The fraction of sp³-hybridized carbons (Fsp3) is 0.467. The standard InChI is InChI=1S/C15H18N2O3S2/c1-9-5-4-6-10(2)14(9)17-12-7-22(19,20)8-13(12)21-15(17)16-11(3)18/h4-6,12-13H,7-8H2,1-3H3/t12-,13-/m1/s1. The monoisotopic (exact) mass is 338 g/mol. The molecule has 1 aromatic carbocycles. The van der Waals surface area contributed by atoms with Crippen molar-refractivity contribution in [1.82, 2.24) is 0 Å². The van der Waals surface area contributed by atoms with Gasteiger partial charge in [-0.3, -0.25) is 4.79 Å². The Morgan fingerprint density at radius 1 is 1.27 bits per heavy atom. The average Bonchev–Trinajstić information content (AvgIpc) is 2.81. The number of benzene rings is 1. The molecule has 2 heterocycles. The van der Waals surface area contributed by atoms with Crippen LogP contribution in [0, 0.1) is 13.8 Å². The summed E-state index contributed by atoms with van der Waals surface area (Å²) in [4.78, 5) is 17.5. The Morgan fingerprint density at radius 2 is 1.91 bits per heavy atom. The highest BCUT2D eigenvalue weighted by atomic mass is 32.2. The summed E-state index contributed by atoms with van der Waals surface area (Å²) in [6.45, 7) is 5.41. The topological polar surface area (TPSA) is 66.8 Å². The van der Waals surface area contributed by atoms with Crippen molar-refractivity contribution in [3.8, 4) is 0 Å². The van der Waals surface area contributed by atoms with Gasteiger partial charge in [0.1, 0.15) is 0 Å². The molecule has 1 amide bonds. The van der Waals surface area contributed by atoms with E-state index in [1.807, 2.05) is 36.9 Å². The summed E-state index contributed by atoms with van der Waals surface area (Å²) in [6, 6.07) is 5.82. The van der Waals surface area contributed by atoms with Crippen LogP contribution in [0.1, 0.15) is 18.1 Å². The summed E-state index contributed by atoms with van der Waals surface area (Å²) >= 11 is 1.41. The normalized spacial score (nSPS) is 28.1. The van der Waals surface area contributed by atoms with Gasteiger partial charge in [-0.05, 0) is 25.0 Å². The summed E-state index contributed by atoms with van der Waals surface area (Å²) < 4.78 is 23.9. The Hall–Kier alpha value is -1.34. The van der Waals surface area contributed by atoms with Crippen LogP contribution in [-0.2, 0) is 14.6 Å². The molecule has 0 saturated carbocycles. The molecule has 0 spiro atoms. The van der Waals surface area contributed by atoms with Gasteiger partial charge in [0, 0.05) is 17.9 Å². The number of carbonyl (C=O) groups excluding carboxylic acids is 1. The minimum atomic E-state index is -3.03. The number of aliphatic imine (C=N–C) groups is 1. The van der Waals surface area contributed by atoms with Gasteiger partial charge in [0.05, 0.1) is 17.5 Å². The Bertz CT molecular complexity index is 751. The van der Waals surface area contributed by atoms with Crippen LogP contribution in [-0.4, -0.2) is 42.3 Å². The second-order valence-corrected chi connectivity index (χ2v) is 9.18. The van der Waals surface area contributed by atoms with Crippen LogP contribution in [0.4, 0.5) is 5.69 Å². The maximum atomic E-state index is 12.0. The molecule has 0 N–H and O–H groups in total. The fourth-order valence-corrected chi connectivity index (χ4v) is 7.09. The number of hydrogen-bond donors (Lipinski definition) is 0. The Morgan fingerprint density at radius 3 is 2.50 bits per heavy atom. The van der Waals surface area contributed by atoms with E-state index < -0.39 is 9.84 Å². The highest BCUT2D eigenvalue weighted by Crippen LogP contribution is 2.42. The fourth-order valence-electron chi connectivity index (χ4n) is 3.15. The highest BCUT2D eigenvalue weighted by Gasteiger charge is 2.49. The molecule has 0 unspecified atom stereocenters. The van der Waals surface area contributed by atoms with Crippen molar-refractivity contribution in [1.29, 1.82) is 0 Å². The van der Waals surface area contributed by atoms with Gasteiger partial charge >= 0.3 is 0 Å². The molecule has 2 saturated heterocycles. The van der Waals surface area contributed by atoms with Crippen molar-refractivity contribution in [2.45, 2.75) is 32.1 Å². The molecule has 0 radical (unpaired) electrons. The van der Waals surface area contributed by atoms with Crippen molar-refractivity contribution >= 4 is 38.4 Å². The number of aryl methyl sites for hydroxylation is 2. The third-order valence-electron chi connectivity index (χ3n) is 4.00. The largest absolute Gasteiger partial charge is 0.315 e. The van der Waals surface area contributed by atoms with Gasteiger partial charge in [0.15, 0.2) is 15.0 Å². The van der Waals surface area contributed by atoms with Gasteiger partial charge < -0.3 is 4.90 Å². The molecule has 2 atom stereocenters. The predicted octanol–water partition coefficient (Wildman–Crippen LogP) is 1.92. The lowest BCUT2D eigenvalue weighted by atomic mass is 10.1. The van der Waals surface area contributed by atoms with Crippen LogP contribution in [0.2, 0.25) is 0 Å². The Kier molecular flexibility index (Phi) is 3.81. The third kappa shape index (κ3) is 2.67. The zero-order valence-electron chi connectivity index (χ0n) is 12.7. The van der Waals surface area contributed by atoms with Gasteiger partial charge in [-0.25, -0.2) is 8.42 Å². The smallest absolute Gasteiger partial charge is 0.244 e. The van der Waals surface area contributed by atoms with Crippen LogP contribution in [0.15, 0.2) is 23.2 Å². The van der Waals surface area contributed by atoms with E-state index in [0.717, 1.165) is 16.8 Å². The van der Waals surface area contributed by atoms with E-state index in [2.05, 4.69) is 4.99 Å². The summed E-state index contributed by atoms with van der Waals surface area (Å²) in [6.07, 6.45) is 0. The second-order valence-electron chi connectivity index (χ2n) is 5.82. The van der Waals surface area contributed by atoms with E-state index in [1.54, 1.807) is 0 Å². The number of amidine groups is 1. The van der Waals surface area contributed by atoms with Crippen molar-refractivity contribution in [3.63, 3.8) is 0 Å². The number of para-hydroxylation sites is 1. The molecule has 1 aromatic rings. The quantitative estimate of drug-likeness (QED) is 0.783. The van der Waals surface area contributed by atoms with Crippen LogP contribution in [0.3, 0.4) is 0 Å². The van der Waals surface area contributed by atoms with Crippen molar-refractivity contribution in [3.05, 3.63) is 29.3 Å². The third-order valence-corrected chi connectivity index (χ3v) is 7.21. The molecule has 0 aliphatic carbocycles. The number of rotatable bonds is 1. The summed E-state index contributed by atoms with van der Waals surface area (Å²) in [5.41, 5.74) is 3.09. The molecule has 3 rings (SSSR count). The highest BCUT2D eigenvalue weighted by molar-refractivity contribution is 8.16. The molecule has 7 heteroatoms. The molecule has 2 fully saturated rings. The summed E-state index contributed by atoms with van der Waals surface area (Å²) in [7, 11) is -3.03. The minimum Gasteiger partial charge on any atom is -0.315 e. The average molecular weight is 338 g/mol. The van der Waals surface area contributed by atoms with Gasteiger partial charge in [-0.1, -0.05) is 30.0 Å². The Balaban J connectivity index is 2.13. The molecule has 0 bridgehead atoms. The maximum Gasteiger partial charge on any atom is 0.244 e. The molecule has 22 heavy (non-hydrogen) atoms. The minimum absolute atomic E-state index is 0.0536. The molecule has 2 aliphatic rings. The number of sulfone groups is 1. The molecule has 2 aliphatic heterocycles. The van der Waals surface area contributed by atoms with Gasteiger partial charge in [-0.2, -0.15) is 4.99 Å². The van der Waals surface area contributed by atoms with Crippen LogP contribution in [0.25, 0.3) is 0 Å². The predicted molar refractivity (Wildman–Crippen MR) is 90.3 cm³/mol. The summed E-state index contributed by atoms with van der Waals surface area (Å²) in [5.74, 6) is 0.0114. The number of anilines is 1. The van der Waals surface area contributed by atoms with E-state index in [4.69, 9.17) is 0 Å². The number of fused-ring (bicyclic) bond motifs is 1. The number of nitrogens with zero attached hydrogens (tertiary/aromatic N) is 2. The van der Waals surface area contributed by atoms with Crippen molar-refractivity contribution < 1.29 is 13.2 Å². The first-order valence-electron chi connectivity index (χ1n) is 7.10. The number of carbonyl (C=O) groups is 1. The number of thioether (sulfide) groups is 1. The molecular weight excluding hydrogens is 320 g/mol. The first-order chi connectivity index (χ1) is 10.3. The number of hydrogen-bond acceptors (Lipinski definition) is 4. The second kappa shape index (κ2) is 5.38. The SMILES string of the molecule is CC(=O)N=C1S[C@@H]2CS(=O)(=O)C[C@H]2N1c1c(C)cccc1C. The first kappa shape index (κ1) is 15.6. The summed E-state index contributed by atoms with van der Waals surface area (Å²) in [5, 5.41) is 0.567. The van der Waals surface area contributed by atoms with Gasteiger partial charge in [0.2, 0.25) is 5.91 Å². The molecule has 0 aromatic heterocycles. The van der Waals surface area contributed by atoms with Gasteiger partial charge in [0.25, 0.3) is 0 Å². The van der Waals surface area contributed by atoms with Crippen LogP contribution < -0.4 is 4.90 Å². The zero-order valence-corrected chi connectivity index (χ0v) is 14.4. The van der Waals surface area contributed by atoms with E-state index in [1.165, 1.54) is 18.7 Å². The van der Waals surface area contributed by atoms with E-state index in [9.17, 15) is 13.2 Å². The van der Waals surface area contributed by atoms with Crippen LogP contribution >= 0.6 is 11.8 Å². The first-order valence-corrected chi connectivity index (χ1v) is 9.80. The Labute approximate surface area is 134 Å². The van der Waals surface area contributed by atoms with E-state index in [-0.39, 0.29) is 28.7 Å². The van der Waals surface area contributed by atoms with Crippen LogP contribution in [0.5, 0.6) is 0 Å². The molecular formula is C15H18N2O3S2. The number of amides is 1. The maximum absolute atomic E-state index is 12.0. The molecule has 118 valence electrons. The lowest BCUT2D eigenvalue weighted by Crippen LogP contribution is -2.38. The van der Waals surface area contributed by atoms with Crippen molar-refractivity contribution in [2.75, 3.05) is 16.4 Å².